The van der Waals surface area contributed by atoms with Crippen molar-refractivity contribution in [2.24, 2.45) is 17.8 Å². The van der Waals surface area contributed by atoms with Crippen molar-refractivity contribution < 1.29 is 22.8 Å². The van der Waals surface area contributed by atoms with Gasteiger partial charge < -0.3 is 9.80 Å². The Balaban J connectivity index is 1.31. The van der Waals surface area contributed by atoms with Crippen molar-refractivity contribution in [2.75, 3.05) is 26.2 Å². The van der Waals surface area contributed by atoms with Gasteiger partial charge in [-0.1, -0.05) is 12.5 Å². The predicted octanol–water partition coefficient (Wildman–Crippen LogP) is 3.82. The number of carbonyl (C=O) groups is 2. The maximum Gasteiger partial charge on any atom is 0.416 e. The van der Waals surface area contributed by atoms with Crippen molar-refractivity contribution in [3.63, 3.8) is 0 Å². The van der Waals surface area contributed by atoms with Gasteiger partial charge in [0.1, 0.15) is 0 Å². The molecule has 3 atom stereocenters. The Morgan fingerprint density at radius 3 is 2.32 bits per heavy atom. The molecular weight excluding hydrogens is 369 g/mol. The number of hydrogen-bond donors (Lipinski definition) is 0. The van der Waals surface area contributed by atoms with E-state index in [1.165, 1.54) is 42.7 Å². The lowest BCUT2D eigenvalue weighted by molar-refractivity contribution is -0.137. The molecule has 28 heavy (non-hydrogen) atoms. The molecule has 2 amide bonds. The van der Waals surface area contributed by atoms with Gasteiger partial charge in [-0.25, -0.2) is 0 Å². The fourth-order valence-electron chi connectivity index (χ4n) is 5.15. The van der Waals surface area contributed by atoms with Crippen molar-refractivity contribution in [1.29, 1.82) is 0 Å². The number of hydrogen-bond acceptors (Lipinski definition) is 2. The third kappa shape index (κ3) is 3.89. The van der Waals surface area contributed by atoms with Gasteiger partial charge in [0.05, 0.1) is 5.56 Å². The first-order valence-electron chi connectivity index (χ1n) is 10.1. The highest BCUT2D eigenvalue weighted by atomic mass is 19.4. The van der Waals surface area contributed by atoms with Gasteiger partial charge in [-0.15, -0.1) is 0 Å². The highest BCUT2D eigenvalue weighted by Gasteiger charge is 2.41. The van der Waals surface area contributed by atoms with Gasteiger partial charge in [-0.3, -0.25) is 9.59 Å². The van der Waals surface area contributed by atoms with Crippen molar-refractivity contribution in [2.45, 2.75) is 38.3 Å². The molecule has 1 aliphatic heterocycles. The Morgan fingerprint density at radius 2 is 1.71 bits per heavy atom. The Kier molecular flexibility index (Phi) is 5.10. The summed E-state index contributed by atoms with van der Waals surface area (Å²) in [7, 11) is 0. The van der Waals surface area contributed by atoms with Crippen LogP contribution in [0.3, 0.4) is 0 Å². The lowest BCUT2D eigenvalue weighted by Gasteiger charge is -2.36. The minimum absolute atomic E-state index is 0.0385. The monoisotopic (exact) mass is 394 g/mol. The van der Waals surface area contributed by atoms with Crippen LogP contribution in [0.15, 0.2) is 24.3 Å². The lowest BCUT2D eigenvalue weighted by Crippen LogP contribution is -2.51. The second-order valence-electron chi connectivity index (χ2n) is 8.39. The molecule has 0 N–H and O–H groups in total. The number of nitrogens with zero attached hydrogens (tertiary/aromatic N) is 2. The van der Waals surface area contributed by atoms with E-state index in [0.717, 1.165) is 18.1 Å². The average Bonchev–Trinajstić information content (AvgIpc) is 3.30. The van der Waals surface area contributed by atoms with Gasteiger partial charge in [0.25, 0.3) is 5.91 Å². The van der Waals surface area contributed by atoms with Crippen LogP contribution in [-0.4, -0.2) is 47.8 Å². The van der Waals surface area contributed by atoms with E-state index in [2.05, 4.69) is 0 Å². The van der Waals surface area contributed by atoms with Crippen LogP contribution >= 0.6 is 0 Å². The molecule has 3 fully saturated rings. The smallest absolute Gasteiger partial charge is 0.339 e. The molecule has 1 aromatic carbocycles. The number of carbonyl (C=O) groups excluding carboxylic acids is 2. The molecule has 1 heterocycles. The molecule has 2 bridgehead atoms. The maximum absolute atomic E-state index is 12.9. The van der Waals surface area contributed by atoms with Crippen LogP contribution in [0.25, 0.3) is 0 Å². The number of fused-ring (bicyclic) bond motifs is 2. The summed E-state index contributed by atoms with van der Waals surface area (Å²) < 4.78 is 38.6. The summed E-state index contributed by atoms with van der Waals surface area (Å²) in [6, 6.07) is 4.52. The van der Waals surface area contributed by atoms with E-state index in [9.17, 15) is 22.8 Å². The quantitative estimate of drug-likeness (QED) is 0.782. The Labute approximate surface area is 162 Å². The zero-order valence-corrected chi connectivity index (χ0v) is 15.8. The summed E-state index contributed by atoms with van der Waals surface area (Å²) in [5, 5.41) is 0. The van der Waals surface area contributed by atoms with Crippen LogP contribution in [0.4, 0.5) is 13.2 Å². The van der Waals surface area contributed by atoms with E-state index < -0.39 is 17.6 Å². The molecule has 2 aliphatic carbocycles. The number of amides is 2. The highest BCUT2D eigenvalue weighted by molar-refractivity contribution is 5.94. The number of piperazine rings is 1. The fraction of sp³-hybridized carbons (Fsp3) is 0.619. The molecule has 0 spiro atoms. The summed E-state index contributed by atoms with van der Waals surface area (Å²) in [6.45, 7) is 1.61. The topological polar surface area (TPSA) is 40.6 Å². The van der Waals surface area contributed by atoms with E-state index in [0.29, 0.717) is 44.4 Å². The third-order valence-corrected chi connectivity index (χ3v) is 6.68. The van der Waals surface area contributed by atoms with Crippen LogP contribution in [0, 0.1) is 17.8 Å². The van der Waals surface area contributed by atoms with Crippen molar-refractivity contribution in [1.82, 2.24) is 9.80 Å². The summed E-state index contributed by atoms with van der Waals surface area (Å²) >= 11 is 0. The van der Waals surface area contributed by atoms with E-state index >= 15 is 0 Å². The zero-order valence-electron chi connectivity index (χ0n) is 15.8. The summed E-state index contributed by atoms with van der Waals surface area (Å²) in [6.07, 6.45) is 1.14. The average molecular weight is 394 g/mol. The molecule has 2 saturated carbocycles. The Hall–Kier alpha value is -2.05. The van der Waals surface area contributed by atoms with Crippen LogP contribution in [0.1, 0.15) is 48.0 Å². The molecule has 1 saturated heterocycles. The van der Waals surface area contributed by atoms with Crippen molar-refractivity contribution in [3.8, 4) is 0 Å². The number of rotatable bonds is 3. The molecule has 0 radical (unpaired) electrons. The van der Waals surface area contributed by atoms with Crippen LogP contribution in [0.5, 0.6) is 0 Å². The molecule has 4 rings (SSSR count). The minimum Gasteiger partial charge on any atom is -0.339 e. The molecule has 3 unspecified atom stereocenters. The molecule has 7 heteroatoms. The first kappa shape index (κ1) is 19.3. The largest absolute Gasteiger partial charge is 0.416 e. The highest BCUT2D eigenvalue weighted by Crippen LogP contribution is 2.49. The fourth-order valence-corrected chi connectivity index (χ4v) is 5.15. The van der Waals surface area contributed by atoms with Crippen LogP contribution in [0.2, 0.25) is 0 Å². The van der Waals surface area contributed by atoms with Crippen molar-refractivity contribution >= 4 is 11.8 Å². The molecular formula is C21H25F3N2O2. The second-order valence-corrected chi connectivity index (χ2v) is 8.39. The molecule has 1 aromatic rings. The number of halogens is 3. The molecule has 4 nitrogen and oxygen atoms in total. The summed E-state index contributed by atoms with van der Waals surface area (Å²) in [5.41, 5.74) is -0.783. The summed E-state index contributed by atoms with van der Waals surface area (Å²) in [4.78, 5) is 28.6. The second kappa shape index (κ2) is 7.41. The van der Waals surface area contributed by atoms with Crippen LogP contribution < -0.4 is 0 Å². The van der Waals surface area contributed by atoms with Crippen molar-refractivity contribution in [3.05, 3.63) is 35.4 Å². The lowest BCUT2D eigenvalue weighted by atomic mass is 9.86. The Morgan fingerprint density at radius 1 is 1.00 bits per heavy atom. The van der Waals surface area contributed by atoms with E-state index in [-0.39, 0.29) is 11.5 Å². The zero-order chi connectivity index (χ0) is 19.9. The normalized spacial score (nSPS) is 27.3. The predicted molar refractivity (Wildman–Crippen MR) is 97.5 cm³/mol. The first-order chi connectivity index (χ1) is 13.3. The molecule has 0 aromatic heterocycles. The third-order valence-electron chi connectivity index (χ3n) is 6.68. The first-order valence-corrected chi connectivity index (χ1v) is 10.1. The van der Waals surface area contributed by atoms with E-state index in [1.54, 1.807) is 0 Å². The van der Waals surface area contributed by atoms with Gasteiger partial charge >= 0.3 is 6.18 Å². The van der Waals surface area contributed by atoms with Crippen LogP contribution in [-0.2, 0) is 11.0 Å². The van der Waals surface area contributed by atoms with Gasteiger partial charge in [-0.05, 0) is 55.2 Å². The van der Waals surface area contributed by atoms with Gasteiger partial charge in [0.15, 0.2) is 0 Å². The summed E-state index contributed by atoms with van der Waals surface area (Å²) in [5.74, 6) is 1.77. The minimum atomic E-state index is -4.47. The molecule has 3 aliphatic rings. The standard InChI is InChI=1S/C21H25F3N2O2/c22-21(23,24)18-3-1-2-16(12-18)20(28)26-8-6-25(7-9-26)19(27)13-17-11-14-4-5-15(17)10-14/h1-3,12,14-15,17H,4-11,13H2. The van der Waals surface area contributed by atoms with E-state index in [4.69, 9.17) is 0 Å². The Bertz CT molecular complexity index is 756. The van der Waals surface area contributed by atoms with E-state index in [1.807, 2.05) is 4.90 Å². The SMILES string of the molecule is O=C(CC1CC2CCC1C2)N1CCN(C(=O)c2cccc(C(F)(F)F)c2)CC1. The van der Waals surface area contributed by atoms with Gasteiger partial charge in [0, 0.05) is 38.2 Å². The molecule has 152 valence electrons. The van der Waals surface area contributed by atoms with Gasteiger partial charge in [-0.2, -0.15) is 13.2 Å². The van der Waals surface area contributed by atoms with Gasteiger partial charge in [0.2, 0.25) is 5.91 Å². The maximum atomic E-state index is 12.9. The number of alkyl halides is 3. The number of benzene rings is 1.